The minimum atomic E-state index is 1.82. The molecule has 0 aliphatic heterocycles. The highest BCUT2D eigenvalue weighted by atomic mass is 13.6. The standard InChI is InChI=1S/C8H10/c1-3-5-7-8-6-4-2/h3-6H,1-2H3/b5-3+,6-4+. The third-order valence-corrected chi connectivity index (χ3v) is 0.583. The van der Waals surface area contributed by atoms with Crippen LogP contribution in [0.2, 0.25) is 0 Å². The average molecular weight is 106 g/mol. The molecule has 0 bridgehead atoms. The van der Waals surface area contributed by atoms with Crippen LogP contribution in [0.5, 0.6) is 0 Å². The van der Waals surface area contributed by atoms with Crippen LogP contribution in [0.15, 0.2) is 24.3 Å². The maximum Gasteiger partial charge on any atom is -0.0158 e. The lowest BCUT2D eigenvalue weighted by molar-refractivity contribution is 1.75. The minimum Gasteiger partial charge on any atom is -0.0793 e. The lowest BCUT2D eigenvalue weighted by Gasteiger charge is -1.61. The van der Waals surface area contributed by atoms with E-state index in [1.54, 1.807) is 0 Å². The lowest BCUT2D eigenvalue weighted by atomic mass is 10.5. The van der Waals surface area contributed by atoms with Crippen molar-refractivity contribution >= 4 is 0 Å². The van der Waals surface area contributed by atoms with E-state index < -0.39 is 0 Å². The Balaban J connectivity index is 3.51. The van der Waals surface area contributed by atoms with Crippen LogP contribution in [0, 0.1) is 11.8 Å². The predicted octanol–water partition coefficient (Wildman–Crippen LogP) is 2.14. The van der Waals surface area contributed by atoms with Gasteiger partial charge in [0.05, 0.1) is 0 Å². The third kappa shape index (κ3) is 5.04. The molecule has 0 N–H and O–H groups in total. The molecule has 0 spiro atoms. The van der Waals surface area contributed by atoms with E-state index in [2.05, 4.69) is 11.8 Å². The molecule has 0 aliphatic carbocycles. The molecular formula is C8H10. The van der Waals surface area contributed by atoms with Crippen LogP contribution in [0.25, 0.3) is 0 Å². The van der Waals surface area contributed by atoms with Gasteiger partial charge in [-0.05, 0) is 26.0 Å². The Morgan fingerprint density at radius 1 is 0.875 bits per heavy atom. The molecule has 0 amide bonds. The molecule has 0 rings (SSSR count). The zero-order chi connectivity index (χ0) is 6.24. The topological polar surface area (TPSA) is 0 Å². The Morgan fingerprint density at radius 2 is 1.25 bits per heavy atom. The smallest absolute Gasteiger partial charge is 0.0158 e. The molecule has 0 heterocycles. The molecule has 0 fully saturated rings. The largest absolute Gasteiger partial charge is 0.0793 e. The molecule has 0 nitrogen and oxygen atoms in total. The van der Waals surface area contributed by atoms with Crippen molar-refractivity contribution in [2.24, 2.45) is 0 Å². The van der Waals surface area contributed by atoms with Crippen LogP contribution in [-0.4, -0.2) is 0 Å². The summed E-state index contributed by atoms with van der Waals surface area (Å²) in [7, 11) is 0. The first kappa shape index (κ1) is 7.04. The van der Waals surface area contributed by atoms with E-state index in [1.807, 2.05) is 38.2 Å². The summed E-state index contributed by atoms with van der Waals surface area (Å²) >= 11 is 0. The molecule has 0 unspecified atom stereocenters. The van der Waals surface area contributed by atoms with Gasteiger partial charge in [-0.15, -0.1) is 0 Å². The van der Waals surface area contributed by atoms with Gasteiger partial charge >= 0.3 is 0 Å². The van der Waals surface area contributed by atoms with Gasteiger partial charge < -0.3 is 0 Å². The van der Waals surface area contributed by atoms with Crippen LogP contribution in [0.3, 0.4) is 0 Å². The lowest BCUT2D eigenvalue weighted by Crippen LogP contribution is -1.47. The second-order valence-electron chi connectivity index (χ2n) is 1.29. The summed E-state index contributed by atoms with van der Waals surface area (Å²) in [6, 6.07) is 0. The number of allylic oxidation sites excluding steroid dienone is 4. The molecule has 0 aromatic heterocycles. The fourth-order valence-electron chi connectivity index (χ4n) is 0.263. The highest BCUT2D eigenvalue weighted by Crippen LogP contribution is 1.67. The number of rotatable bonds is 0. The van der Waals surface area contributed by atoms with Crippen LogP contribution in [0.4, 0.5) is 0 Å². The summed E-state index contributed by atoms with van der Waals surface area (Å²) in [5, 5.41) is 0. The van der Waals surface area contributed by atoms with Gasteiger partial charge in [-0.1, -0.05) is 24.0 Å². The third-order valence-electron chi connectivity index (χ3n) is 0.583. The highest BCUT2D eigenvalue weighted by molar-refractivity contribution is 5.22. The van der Waals surface area contributed by atoms with E-state index in [0.717, 1.165) is 0 Å². The van der Waals surface area contributed by atoms with Gasteiger partial charge in [0, 0.05) is 0 Å². The Bertz CT molecular complexity index is 123. The predicted molar refractivity (Wildman–Crippen MR) is 37.4 cm³/mol. The maximum atomic E-state index is 2.82. The van der Waals surface area contributed by atoms with Gasteiger partial charge in [0.2, 0.25) is 0 Å². The van der Waals surface area contributed by atoms with E-state index in [0.29, 0.717) is 0 Å². The molecule has 0 radical (unpaired) electrons. The first-order chi connectivity index (χ1) is 3.91. The van der Waals surface area contributed by atoms with Crippen molar-refractivity contribution in [1.82, 2.24) is 0 Å². The summed E-state index contributed by atoms with van der Waals surface area (Å²) in [6.07, 6.45) is 7.47. The van der Waals surface area contributed by atoms with E-state index >= 15 is 0 Å². The molecule has 0 saturated carbocycles. The van der Waals surface area contributed by atoms with E-state index in [1.165, 1.54) is 0 Å². The normalized spacial score (nSPS) is 9.75. The zero-order valence-corrected chi connectivity index (χ0v) is 5.31. The van der Waals surface area contributed by atoms with E-state index in [4.69, 9.17) is 0 Å². The van der Waals surface area contributed by atoms with Crippen LogP contribution in [0.1, 0.15) is 13.8 Å². The van der Waals surface area contributed by atoms with Gasteiger partial charge in [0.1, 0.15) is 0 Å². The summed E-state index contributed by atoms with van der Waals surface area (Å²) < 4.78 is 0. The van der Waals surface area contributed by atoms with Crippen LogP contribution in [-0.2, 0) is 0 Å². The molecule has 0 atom stereocenters. The first-order valence-corrected chi connectivity index (χ1v) is 2.65. The van der Waals surface area contributed by atoms with Crippen LogP contribution < -0.4 is 0 Å². The minimum absolute atomic E-state index is 1.82. The van der Waals surface area contributed by atoms with Crippen molar-refractivity contribution in [3.8, 4) is 11.8 Å². The van der Waals surface area contributed by atoms with Gasteiger partial charge in [0.15, 0.2) is 0 Å². The number of hydrogen-bond acceptors (Lipinski definition) is 0. The van der Waals surface area contributed by atoms with Crippen molar-refractivity contribution in [3.63, 3.8) is 0 Å². The van der Waals surface area contributed by atoms with Gasteiger partial charge in [-0.2, -0.15) is 0 Å². The zero-order valence-electron chi connectivity index (χ0n) is 5.31. The highest BCUT2D eigenvalue weighted by Gasteiger charge is 1.51. The summed E-state index contributed by atoms with van der Waals surface area (Å²) in [4.78, 5) is 0. The van der Waals surface area contributed by atoms with Gasteiger partial charge in [0.25, 0.3) is 0 Å². The van der Waals surface area contributed by atoms with E-state index in [9.17, 15) is 0 Å². The summed E-state index contributed by atoms with van der Waals surface area (Å²) in [5.74, 6) is 5.64. The molecular weight excluding hydrogens is 96.1 g/mol. The van der Waals surface area contributed by atoms with Crippen LogP contribution >= 0.6 is 0 Å². The summed E-state index contributed by atoms with van der Waals surface area (Å²) in [5.41, 5.74) is 0. The average Bonchev–Trinajstić information content (AvgIpc) is 1.81. The fraction of sp³-hybridized carbons (Fsp3) is 0.250. The molecule has 8 heavy (non-hydrogen) atoms. The molecule has 0 saturated heterocycles. The monoisotopic (exact) mass is 106 g/mol. The molecule has 0 aliphatic rings. The SMILES string of the molecule is C/C=C/C#C/C=C/C. The Morgan fingerprint density at radius 3 is 1.50 bits per heavy atom. The number of hydrogen-bond donors (Lipinski definition) is 0. The quantitative estimate of drug-likeness (QED) is 0.415. The second kappa shape index (κ2) is 6.04. The van der Waals surface area contributed by atoms with E-state index in [-0.39, 0.29) is 0 Å². The van der Waals surface area contributed by atoms with Gasteiger partial charge in [-0.25, -0.2) is 0 Å². The van der Waals surface area contributed by atoms with Crippen molar-refractivity contribution in [3.05, 3.63) is 24.3 Å². The Kier molecular flexibility index (Phi) is 5.32. The fourth-order valence-corrected chi connectivity index (χ4v) is 0.263. The Hall–Kier alpha value is -0.960. The van der Waals surface area contributed by atoms with Crippen molar-refractivity contribution in [2.75, 3.05) is 0 Å². The van der Waals surface area contributed by atoms with Crippen molar-refractivity contribution < 1.29 is 0 Å². The second-order valence-corrected chi connectivity index (χ2v) is 1.29. The maximum absolute atomic E-state index is 2.82. The first-order valence-electron chi connectivity index (χ1n) is 2.65. The molecule has 0 heteroatoms. The van der Waals surface area contributed by atoms with Crippen molar-refractivity contribution in [1.29, 1.82) is 0 Å². The molecule has 42 valence electrons. The van der Waals surface area contributed by atoms with Gasteiger partial charge in [-0.3, -0.25) is 0 Å². The summed E-state index contributed by atoms with van der Waals surface area (Å²) in [6.45, 7) is 3.90. The Labute approximate surface area is 50.9 Å². The van der Waals surface area contributed by atoms with Crippen molar-refractivity contribution in [2.45, 2.75) is 13.8 Å². The molecule has 0 aromatic carbocycles. The molecule has 0 aromatic rings.